The summed E-state index contributed by atoms with van der Waals surface area (Å²) in [6.45, 7) is 0.253. The van der Waals surface area contributed by atoms with Crippen molar-refractivity contribution in [3.8, 4) is 17.2 Å². The molecule has 0 spiro atoms. The van der Waals surface area contributed by atoms with Crippen LogP contribution in [-0.2, 0) is 6.54 Å². The molecule has 74 valence electrons. The van der Waals surface area contributed by atoms with Crippen molar-refractivity contribution >= 4 is 0 Å². The molecule has 2 rings (SSSR count). The van der Waals surface area contributed by atoms with E-state index >= 15 is 0 Å². The van der Waals surface area contributed by atoms with Gasteiger partial charge in [0.05, 0.1) is 7.11 Å². The quantitative estimate of drug-likeness (QED) is 0.688. The van der Waals surface area contributed by atoms with Gasteiger partial charge >= 0.3 is 0 Å². The Morgan fingerprint density at radius 1 is 1.50 bits per heavy atom. The van der Waals surface area contributed by atoms with Gasteiger partial charge in [0, 0.05) is 5.56 Å². The first-order chi connectivity index (χ1) is 6.86. The summed E-state index contributed by atoms with van der Waals surface area (Å²) in [5.41, 5.74) is 0.701. The van der Waals surface area contributed by atoms with E-state index in [0.717, 1.165) is 0 Å². The molecule has 0 N–H and O–H groups in total. The summed E-state index contributed by atoms with van der Waals surface area (Å²) in [6.07, 6.45) is 0. The van der Waals surface area contributed by atoms with Crippen molar-refractivity contribution in [3.63, 3.8) is 0 Å². The predicted molar refractivity (Wildman–Crippen MR) is 48.6 cm³/mol. The van der Waals surface area contributed by atoms with Crippen LogP contribution >= 0.6 is 0 Å². The second kappa shape index (κ2) is 3.53. The summed E-state index contributed by atoms with van der Waals surface area (Å²) in [4.78, 5) is 10.2. The number of methoxy groups -OCH3 is 1. The lowest BCUT2D eigenvalue weighted by atomic mass is 10.2. The molecule has 0 aliphatic carbocycles. The van der Waals surface area contributed by atoms with Gasteiger partial charge in [0.25, 0.3) is 0 Å². The molecule has 14 heavy (non-hydrogen) atoms. The molecule has 1 aliphatic heterocycles. The summed E-state index contributed by atoms with van der Waals surface area (Å²) in [5.74, 6) is 1.71. The first kappa shape index (κ1) is 8.80. The van der Waals surface area contributed by atoms with Crippen LogP contribution in [0.4, 0.5) is 0 Å². The van der Waals surface area contributed by atoms with Crippen LogP contribution in [0.2, 0.25) is 0 Å². The average Bonchev–Trinajstić information content (AvgIpc) is 2.66. The highest BCUT2D eigenvalue weighted by molar-refractivity contribution is 5.56. The first-order valence-corrected chi connectivity index (χ1v) is 4.11. The topological polar surface area (TPSA) is 57.1 Å². The SMILES string of the molecule is COc1c(CN=O)ccc2c1OCO2. The lowest BCUT2D eigenvalue weighted by Gasteiger charge is -2.07. The van der Waals surface area contributed by atoms with Crippen LogP contribution in [0, 0.1) is 4.91 Å². The van der Waals surface area contributed by atoms with Crippen molar-refractivity contribution in [2.24, 2.45) is 5.18 Å². The fourth-order valence-electron chi connectivity index (χ4n) is 1.41. The third-order valence-electron chi connectivity index (χ3n) is 2.01. The summed E-state index contributed by atoms with van der Waals surface area (Å²) in [7, 11) is 1.52. The number of benzene rings is 1. The van der Waals surface area contributed by atoms with E-state index < -0.39 is 0 Å². The number of nitrogens with zero attached hydrogens (tertiary/aromatic N) is 1. The largest absolute Gasteiger partial charge is 0.492 e. The molecule has 5 nitrogen and oxygen atoms in total. The van der Waals surface area contributed by atoms with E-state index in [9.17, 15) is 4.91 Å². The highest BCUT2D eigenvalue weighted by Crippen LogP contribution is 2.43. The maximum Gasteiger partial charge on any atom is 0.231 e. The maximum atomic E-state index is 10.2. The number of nitroso groups, excluding NO2 is 1. The molecule has 5 heteroatoms. The minimum Gasteiger partial charge on any atom is -0.492 e. The molecule has 1 aliphatic rings. The molecule has 0 fully saturated rings. The highest BCUT2D eigenvalue weighted by Gasteiger charge is 2.21. The Kier molecular flexibility index (Phi) is 2.22. The number of fused-ring (bicyclic) bond motifs is 1. The van der Waals surface area contributed by atoms with Crippen molar-refractivity contribution in [3.05, 3.63) is 22.6 Å². The van der Waals surface area contributed by atoms with Gasteiger partial charge in [0.2, 0.25) is 12.5 Å². The fraction of sp³-hybridized carbons (Fsp3) is 0.333. The predicted octanol–water partition coefficient (Wildman–Crippen LogP) is 1.69. The van der Waals surface area contributed by atoms with Crippen LogP contribution in [0.1, 0.15) is 5.56 Å². The van der Waals surface area contributed by atoms with E-state index in [0.29, 0.717) is 22.8 Å². The van der Waals surface area contributed by atoms with Crippen LogP contribution < -0.4 is 14.2 Å². The molecule has 1 heterocycles. The lowest BCUT2D eigenvalue weighted by molar-refractivity contribution is 0.171. The number of hydrogen-bond donors (Lipinski definition) is 0. The Balaban J connectivity index is 2.47. The zero-order valence-corrected chi connectivity index (χ0v) is 7.65. The zero-order valence-electron chi connectivity index (χ0n) is 7.65. The summed E-state index contributed by atoms with van der Waals surface area (Å²) in [6, 6.07) is 3.49. The second-order valence-corrected chi connectivity index (χ2v) is 2.78. The molecule has 0 saturated heterocycles. The Morgan fingerprint density at radius 3 is 3.07 bits per heavy atom. The number of hydrogen-bond acceptors (Lipinski definition) is 5. The van der Waals surface area contributed by atoms with E-state index in [2.05, 4.69) is 5.18 Å². The standard InChI is InChI=1S/C9H9NO4/c1-12-8-6(4-10-11)2-3-7-9(8)14-5-13-7/h2-3H,4-5H2,1H3. The van der Waals surface area contributed by atoms with E-state index in [1.807, 2.05) is 0 Å². The summed E-state index contributed by atoms with van der Waals surface area (Å²) in [5, 5.41) is 2.81. The Bertz CT molecular complexity index is 364. The average molecular weight is 195 g/mol. The van der Waals surface area contributed by atoms with Crippen molar-refractivity contribution in [1.29, 1.82) is 0 Å². The monoisotopic (exact) mass is 195 g/mol. The zero-order chi connectivity index (χ0) is 9.97. The molecule has 0 radical (unpaired) electrons. The van der Waals surface area contributed by atoms with Gasteiger partial charge in [-0.25, -0.2) is 0 Å². The van der Waals surface area contributed by atoms with E-state index in [1.165, 1.54) is 7.11 Å². The van der Waals surface area contributed by atoms with Crippen LogP contribution in [0.25, 0.3) is 0 Å². The molecule has 0 aromatic heterocycles. The molecule has 0 bridgehead atoms. The van der Waals surface area contributed by atoms with Crippen molar-refractivity contribution in [2.75, 3.05) is 13.9 Å². The summed E-state index contributed by atoms with van der Waals surface area (Å²) >= 11 is 0. The molecule has 1 aromatic rings. The van der Waals surface area contributed by atoms with Crippen LogP contribution in [-0.4, -0.2) is 13.9 Å². The Morgan fingerprint density at radius 2 is 2.36 bits per heavy atom. The van der Waals surface area contributed by atoms with E-state index in [-0.39, 0.29) is 13.3 Å². The van der Waals surface area contributed by atoms with Crippen LogP contribution in [0.5, 0.6) is 17.2 Å². The smallest absolute Gasteiger partial charge is 0.231 e. The van der Waals surface area contributed by atoms with E-state index in [1.54, 1.807) is 12.1 Å². The highest BCUT2D eigenvalue weighted by atomic mass is 16.7. The van der Waals surface area contributed by atoms with Gasteiger partial charge in [-0.1, -0.05) is 5.18 Å². The minimum absolute atomic E-state index is 0.0693. The number of rotatable bonds is 3. The van der Waals surface area contributed by atoms with Gasteiger partial charge < -0.3 is 14.2 Å². The molecule has 0 atom stereocenters. The van der Waals surface area contributed by atoms with Gasteiger partial charge in [-0.2, -0.15) is 4.91 Å². The van der Waals surface area contributed by atoms with Gasteiger partial charge in [0.15, 0.2) is 11.5 Å². The third-order valence-corrected chi connectivity index (χ3v) is 2.01. The fourth-order valence-corrected chi connectivity index (χ4v) is 1.41. The number of ether oxygens (including phenoxy) is 3. The van der Waals surface area contributed by atoms with Gasteiger partial charge in [-0.05, 0) is 12.1 Å². The molecule has 0 saturated carbocycles. The molecule has 0 unspecified atom stereocenters. The van der Waals surface area contributed by atoms with Crippen molar-refractivity contribution in [2.45, 2.75) is 6.54 Å². The molecule has 0 amide bonds. The van der Waals surface area contributed by atoms with Crippen LogP contribution in [0.3, 0.4) is 0 Å². The van der Waals surface area contributed by atoms with Gasteiger partial charge in [-0.3, -0.25) is 0 Å². The summed E-state index contributed by atoms with van der Waals surface area (Å²) < 4.78 is 15.5. The molecule has 1 aromatic carbocycles. The molecular formula is C9H9NO4. The van der Waals surface area contributed by atoms with Crippen molar-refractivity contribution in [1.82, 2.24) is 0 Å². The first-order valence-electron chi connectivity index (χ1n) is 4.11. The molecular weight excluding hydrogens is 186 g/mol. The Labute approximate surface area is 80.6 Å². The second-order valence-electron chi connectivity index (χ2n) is 2.78. The van der Waals surface area contributed by atoms with Crippen LogP contribution in [0.15, 0.2) is 17.3 Å². The van der Waals surface area contributed by atoms with Gasteiger partial charge in [0.1, 0.15) is 6.54 Å². The lowest BCUT2D eigenvalue weighted by Crippen LogP contribution is -1.95. The van der Waals surface area contributed by atoms with E-state index in [4.69, 9.17) is 14.2 Å². The minimum atomic E-state index is 0.0693. The van der Waals surface area contributed by atoms with Gasteiger partial charge in [-0.15, -0.1) is 0 Å². The Hall–Kier alpha value is -1.78. The normalized spacial score (nSPS) is 12.6. The van der Waals surface area contributed by atoms with Crippen molar-refractivity contribution < 1.29 is 14.2 Å². The maximum absolute atomic E-state index is 10.2. The third kappa shape index (κ3) is 1.26.